The molecule has 0 fully saturated rings. The van der Waals surface area contributed by atoms with Crippen LogP contribution < -0.4 is 5.32 Å². The van der Waals surface area contributed by atoms with Crippen LogP contribution in [-0.4, -0.2) is 6.54 Å². The van der Waals surface area contributed by atoms with Crippen LogP contribution in [0.4, 0.5) is 0 Å². The molecule has 0 amide bonds. The standard InChI is InChI=1S/C11H19N/c1-4-10-8-6-7-9(3)11(10)12-5-2/h7,12H,4-6,8H2,1-3H3. The molecule has 0 atom stereocenters. The number of hydrogen-bond acceptors (Lipinski definition) is 1. The highest BCUT2D eigenvalue weighted by Crippen LogP contribution is 2.24. The molecule has 0 aromatic heterocycles. The van der Waals surface area contributed by atoms with E-state index in [1.807, 2.05) is 0 Å². The molecule has 1 rings (SSSR count). The Bertz CT molecular complexity index is 211. The number of allylic oxidation sites excluding steroid dienone is 3. The highest BCUT2D eigenvalue weighted by Gasteiger charge is 2.09. The van der Waals surface area contributed by atoms with E-state index in [2.05, 4.69) is 32.2 Å². The molecular formula is C11H19N. The summed E-state index contributed by atoms with van der Waals surface area (Å²) in [7, 11) is 0. The van der Waals surface area contributed by atoms with Gasteiger partial charge in [0.1, 0.15) is 0 Å². The van der Waals surface area contributed by atoms with Crippen LogP contribution in [0.25, 0.3) is 0 Å². The zero-order chi connectivity index (χ0) is 8.97. The Hall–Kier alpha value is -0.720. The quantitative estimate of drug-likeness (QED) is 0.678. The van der Waals surface area contributed by atoms with Crippen LogP contribution in [0.1, 0.15) is 40.0 Å². The van der Waals surface area contributed by atoms with Crippen molar-refractivity contribution < 1.29 is 0 Å². The van der Waals surface area contributed by atoms with Gasteiger partial charge >= 0.3 is 0 Å². The van der Waals surface area contributed by atoms with E-state index in [0.29, 0.717) is 0 Å². The molecule has 0 saturated heterocycles. The molecule has 0 spiro atoms. The Kier molecular flexibility index (Phi) is 3.39. The van der Waals surface area contributed by atoms with Crippen LogP contribution in [0, 0.1) is 0 Å². The van der Waals surface area contributed by atoms with Crippen LogP contribution >= 0.6 is 0 Å². The molecule has 0 radical (unpaired) electrons. The monoisotopic (exact) mass is 165 g/mol. The van der Waals surface area contributed by atoms with Crippen molar-refractivity contribution in [1.29, 1.82) is 0 Å². The van der Waals surface area contributed by atoms with Crippen LogP contribution in [0.3, 0.4) is 0 Å². The average molecular weight is 165 g/mol. The Morgan fingerprint density at radius 1 is 1.42 bits per heavy atom. The third-order valence-electron chi connectivity index (χ3n) is 2.42. The van der Waals surface area contributed by atoms with E-state index in [0.717, 1.165) is 6.54 Å². The first-order chi connectivity index (χ1) is 5.79. The van der Waals surface area contributed by atoms with E-state index in [1.165, 1.54) is 30.5 Å². The second kappa shape index (κ2) is 4.34. The molecule has 1 heteroatoms. The van der Waals surface area contributed by atoms with E-state index >= 15 is 0 Å². The predicted molar refractivity (Wildman–Crippen MR) is 54.0 cm³/mol. The second-order valence-electron chi connectivity index (χ2n) is 3.29. The van der Waals surface area contributed by atoms with Crippen molar-refractivity contribution in [2.45, 2.75) is 40.0 Å². The minimum Gasteiger partial charge on any atom is -0.385 e. The molecule has 0 saturated carbocycles. The molecule has 1 N–H and O–H groups in total. The summed E-state index contributed by atoms with van der Waals surface area (Å²) in [4.78, 5) is 0. The smallest absolute Gasteiger partial charge is 0.0358 e. The molecule has 12 heavy (non-hydrogen) atoms. The first-order valence-corrected chi connectivity index (χ1v) is 4.92. The van der Waals surface area contributed by atoms with Crippen molar-refractivity contribution in [1.82, 2.24) is 5.32 Å². The van der Waals surface area contributed by atoms with Gasteiger partial charge < -0.3 is 5.32 Å². The minimum atomic E-state index is 1.03. The molecule has 68 valence electrons. The van der Waals surface area contributed by atoms with Gasteiger partial charge in [0.15, 0.2) is 0 Å². The van der Waals surface area contributed by atoms with E-state index in [1.54, 1.807) is 5.57 Å². The molecule has 0 heterocycles. The summed E-state index contributed by atoms with van der Waals surface area (Å²) in [5, 5.41) is 3.45. The fourth-order valence-electron chi connectivity index (χ4n) is 1.76. The summed E-state index contributed by atoms with van der Waals surface area (Å²) in [5.74, 6) is 0. The van der Waals surface area contributed by atoms with Gasteiger partial charge in [-0.15, -0.1) is 0 Å². The Morgan fingerprint density at radius 3 is 2.75 bits per heavy atom. The highest BCUT2D eigenvalue weighted by atomic mass is 14.9. The van der Waals surface area contributed by atoms with Gasteiger partial charge in [0, 0.05) is 12.2 Å². The van der Waals surface area contributed by atoms with Gasteiger partial charge in [-0.05, 0) is 44.3 Å². The van der Waals surface area contributed by atoms with Crippen LogP contribution in [0.15, 0.2) is 22.9 Å². The summed E-state index contributed by atoms with van der Waals surface area (Å²) in [6.07, 6.45) is 5.99. The van der Waals surface area contributed by atoms with Gasteiger partial charge in [-0.1, -0.05) is 13.0 Å². The second-order valence-corrected chi connectivity index (χ2v) is 3.29. The lowest BCUT2D eigenvalue weighted by Crippen LogP contribution is -2.17. The van der Waals surface area contributed by atoms with E-state index in [9.17, 15) is 0 Å². The third kappa shape index (κ3) is 1.90. The molecule has 0 aromatic carbocycles. The summed E-state index contributed by atoms with van der Waals surface area (Å²) >= 11 is 0. The summed E-state index contributed by atoms with van der Waals surface area (Å²) in [6, 6.07) is 0. The van der Waals surface area contributed by atoms with E-state index < -0.39 is 0 Å². The van der Waals surface area contributed by atoms with Crippen molar-refractivity contribution in [3.63, 3.8) is 0 Å². The van der Waals surface area contributed by atoms with Crippen LogP contribution in [-0.2, 0) is 0 Å². The molecule has 0 aromatic rings. The van der Waals surface area contributed by atoms with E-state index in [4.69, 9.17) is 0 Å². The molecule has 0 bridgehead atoms. The predicted octanol–water partition coefficient (Wildman–Crippen LogP) is 3.00. The van der Waals surface area contributed by atoms with Gasteiger partial charge in [-0.2, -0.15) is 0 Å². The Balaban J connectivity index is 2.82. The van der Waals surface area contributed by atoms with Crippen molar-refractivity contribution in [3.05, 3.63) is 22.9 Å². The van der Waals surface area contributed by atoms with Crippen LogP contribution in [0.2, 0.25) is 0 Å². The summed E-state index contributed by atoms with van der Waals surface area (Å²) in [5.41, 5.74) is 4.43. The van der Waals surface area contributed by atoms with Crippen molar-refractivity contribution in [2.75, 3.05) is 6.54 Å². The lowest BCUT2D eigenvalue weighted by molar-refractivity contribution is 0.773. The first kappa shape index (κ1) is 9.37. The van der Waals surface area contributed by atoms with Gasteiger partial charge in [-0.25, -0.2) is 0 Å². The maximum absolute atomic E-state index is 3.45. The number of likely N-dealkylation sites (N-methyl/N-ethyl adjacent to an activating group) is 1. The van der Waals surface area contributed by atoms with Gasteiger partial charge in [0.25, 0.3) is 0 Å². The zero-order valence-electron chi connectivity index (χ0n) is 8.41. The summed E-state index contributed by atoms with van der Waals surface area (Å²) in [6.45, 7) is 7.63. The largest absolute Gasteiger partial charge is 0.385 e. The average Bonchev–Trinajstić information content (AvgIpc) is 2.09. The normalized spacial score (nSPS) is 17.8. The molecule has 1 nitrogen and oxygen atoms in total. The maximum atomic E-state index is 3.45. The Labute approximate surface area is 75.6 Å². The SMILES string of the molecule is CCNC1=C(CC)CCC=C1C. The lowest BCUT2D eigenvalue weighted by atomic mass is 9.95. The van der Waals surface area contributed by atoms with Crippen molar-refractivity contribution in [2.24, 2.45) is 0 Å². The zero-order valence-corrected chi connectivity index (χ0v) is 8.41. The van der Waals surface area contributed by atoms with Gasteiger partial charge in [-0.3, -0.25) is 0 Å². The minimum absolute atomic E-state index is 1.03. The lowest BCUT2D eigenvalue weighted by Gasteiger charge is -2.19. The highest BCUT2D eigenvalue weighted by molar-refractivity contribution is 5.35. The third-order valence-corrected chi connectivity index (χ3v) is 2.42. The van der Waals surface area contributed by atoms with Crippen molar-refractivity contribution >= 4 is 0 Å². The van der Waals surface area contributed by atoms with Crippen LogP contribution in [0.5, 0.6) is 0 Å². The Morgan fingerprint density at radius 2 is 2.17 bits per heavy atom. The number of nitrogens with one attached hydrogen (secondary N) is 1. The fraction of sp³-hybridized carbons (Fsp3) is 0.636. The number of hydrogen-bond donors (Lipinski definition) is 1. The molecule has 0 unspecified atom stereocenters. The van der Waals surface area contributed by atoms with E-state index in [-0.39, 0.29) is 0 Å². The molecule has 1 aliphatic rings. The topological polar surface area (TPSA) is 12.0 Å². The van der Waals surface area contributed by atoms with Gasteiger partial charge in [0.2, 0.25) is 0 Å². The molecular weight excluding hydrogens is 146 g/mol. The van der Waals surface area contributed by atoms with Crippen molar-refractivity contribution in [3.8, 4) is 0 Å². The number of rotatable bonds is 3. The molecule has 1 aliphatic carbocycles. The maximum Gasteiger partial charge on any atom is 0.0358 e. The first-order valence-electron chi connectivity index (χ1n) is 4.92. The molecule has 0 aliphatic heterocycles. The fourth-order valence-corrected chi connectivity index (χ4v) is 1.76. The van der Waals surface area contributed by atoms with Gasteiger partial charge in [0.05, 0.1) is 0 Å². The summed E-state index contributed by atoms with van der Waals surface area (Å²) < 4.78 is 0.